The SMILES string of the molecule is Cc1cc(Cl)cnc1NC(=S)NCC1(c2ccc(F)cc2)CCCCC1. The molecule has 0 aliphatic heterocycles. The van der Waals surface area contributed by atoms with Crippen LogP contribution in [0.5, 0.6) is 0 Å². The smallest absolute Gasteiger partial charge is 0.171 e. The van der Waals surface area contributed by atoms with Gasteiger partial charge in [0.05, 0.1) is 5.02 Å². The fraction of sp³-hybridized carbons (Fsp3) is 0.400. The lowest BCUT2D eigenvalue weighted by atomic mass is 9.69. The Morgan fingerprint density at radius 1 is 1.23 bits per heavy atom. The molecule has 1 heterocycles. The predicted molar refractivity (Wildman–Crippen MR) is 109 cm³/mol. The second kappa shape index (κ2) is 8.31. The number of hydrogen-bond donors (Lipinski definition) is 2. The summed E-state index contributed by atoms with van der Waals surface area (Å²) in [6.45, 7) is 2.65. The van der Waals surface area contributed by atoms with Gasteiger partial charge in [-0.15, -0.1) is 0 Å². The Labute approximate surface area is 164 Å². The first-order valence-corrected chi connectivity index (χ1v) is 9.70. The van der Waals surface area contributed by atoms with Crippen molar-refractivity contribution in [3.05, 3.63) is 58.5 Å². The maximum atomic E-state index is 13.3. The lowest BCUT2D eigenvalue weighted by molar-refractivity contribution is 0.292. The van der Waals surface area contributed by atoms with Gasteiger partial charge in [-0.25, -0.2) is 9.37 Å². The Morgan fingerprint density at radius 3 is 2.58 bits per heavy atom. The molecule has 1 aromatic heterocycles. The fourth-order valence-electron chi connectivity index (χ4n) is 3.67. The molecule has 138 valence electrons. The minimum absolute atomic E-state index is 0.0137. The third-order valence-corrected chi connectivity index (χ3v) is 5.58. The van der Waals surface area contributed by atoms with Gasteiger partial charge in [0, 0.05) is 18.2 Å². The molecule has 1 aromatic carbocycles. The van der Waals surface area contributed by atoms with Gasteiger partial charge in [-0.1, -0.05) is 43.0 Å². The monoisotopic (exact) mass is 391 g/mol. The van der Waals surface area contributed by atoms with Crippen LogP contribution in [0.3, 0.4) is 0 Å². The number of benzene rings is 1. The molecular weight excluding hydrogens is 369 g/mol. The second-order valence-corrected chi connectivity index (χ2v) is 7.82. The second-order valence-electron chi connectivity index (χ2n) is 6.97. The van der Waals surface area contributed by atoms with Gasteiger partial charge in [0.25, 0.3) is 0 Å². The minimum Gasteiger partial charge on any atom is -0.362 e. The van der Waals surface area contributed by atoms with E-state index in [2.05, 4.69) is 15.6 Å². The Kier molecular flexibility index (Phi) is 6.09. The molecule has 1 aliphatic carbocycles. The molecule has 1 fully saturated rings. The van der Waals surface area contributed by atoms with Crippen LogP contribution < -0.4 is 10.6 Å². The van der Waals surface area contributed by atoms with E-state index in [-0.39, 0.29) is 11.2 Å². The summed E-state index contributed by atoms with van der Waals surface area (Å²) in [5, 5.41) is 7.63. The molecule has 1 aliphatic rings. The van der Waals surface area contributed by atoms with E-state index >= 15 is 0 Å². The van der Waals surface area contributed by atoms with Gasteiger partial charge in [0.15, 0.2) is 5.11 Å². The Balaban J connectivity index is 1.69. The number of nitrogens with zero attached hydrogens (tertiary/aromatic N) is 1. The number of aryl methyl sites for hydroxylation is 1. The van der Waals surface area contributed by atoms with Crippen LogP contribution >= 0.6 is 23.8 Å². The van der Waals surface area contributed by atoms with E-state index in [4.69, 9.17) is 23.8 Å². The Hall–Kier alpha value is -1.72. The van der Waals surface area contributed by atoms with Crippen LogP contribution in [-0.4, -0.2) is 16.6 Å². The summed E-state index contributed by atoms with van der Waals surface area (Å²) >= 11 is 11.4. The van der Waals surface area contributed by atoms with E-state index in [0.717, 1.165) is 24.9 Å². The zero-order chi connectivity index (χ0) is 18.6. The molecule has 2 aromatic rings. The molecule has 0 saturated heterocycles. The van der Waals surface area contributed by atoms with Crippen molar-refractivity contribution < 1.29 is 4.39 Å². The third-order valence-electron chi connectivity index (χ3n) is 5.13. The summed E-state index contributed by atoms with van der Waals surface area (Å²) in [4.78, 5) is 4.29. The van der Waals surface area contributed by atoms with Crippen LogP contribution in [0.4, 0.5) is 10.2 Å². The van der Waals surface area contributed by atoms with E-state index in [9.17, 15) is 4.39 Å². The van der Waals surface area contributed by atoms with Gasteiger partial charge in [0.1, 0.15) is 11.6 Å². The van der Waals surface area contributed by atoms with Crippen LogP contribution in [0, 0.1) is 12.7 Å². The van der Waals surface area contributed by atoms with Crippen LogP contribution in [0.1, 0.15) is 43.2 Å². The lowest BCUT2D eigenvalue weighted by Gasteiger charge is -2.38. The molecule has 0 radical (unpaired) electrons. The predicted octanol–water partition coefficient (Wildman–Crippen LogP) is 5.37. The highest BCUT2D eigenvalue weighted by atomic mass is 35.5. The Morgan fingerprint density at radius 2 is 1.92 bits per heavy atom. The lowest BCUT2D eigenvalue weighted by Crippen LogP contribution is -2.43. The van der Waals surface area contributed by atoms with Crippen molar-refractivity contribution in [1.82, 2.24) is 10.3 Å². The molecule has 0 amide bonds. The molecule has 0 unspecified atom stereocenters. The van der Waals surface area contributed by atoms with Crippen molar-refractivity contribution in [3.8, 4) is 0 Å². The number of nitrogens with one attached hydrogen (secondary N) is 2. The van der Waals surface area contributed by atoms with E-state index in [1.807, 2.05) is 25.1 Å². The maximum Gasteiger partial charge on any atom is 0.171 e. The Bertz CT molecular complexity index is 773. The van der Waals surface area contributed by atoms with Gasteiger partial charge in [-0.3, -0.25) is 0 Å². The summed E-state index contributed by atoms with van der Waals surface area (Å²) in [7, 11) is 0. The molecule has 0 spiro atoms. The zero-order valence-corrected chi connectivity index (χ0v) is 16.4. The van der Waals surface area contributed by atoms with Gasteiger partial charge in [-0.2, -0.15) is 0 Å². The number of anilines is 1. The first kappa shape index (κ1) is 19.1. The topological polar surface area (TPSA) is 37.0 Å². The van der Waals surface area contributed by atoms with Crippen molar-refractivity contribution in [2.75, 3.05) is 11.9 Å². The first-order valence-electron chi connectivity index (χ1n) is 8.92. The maximum absolute atomic E-state index is 13.3. The van der Waals surface area contributed by atoms with Crippen LogP contribution in [0.25, 0.3) is 0 Å². The van der Waals surface area contributed by atoms with E-state index in [1.165, 1.54) is 24.8 Å². The number of aromatic nitrogens is 1. The van der Waals surface area contributed by atoms with Crippen LogP contribution in [-0.2, 0) is 5.41 Å². The van der Waals surface area contributed by atoms with Gasteiger partial charge in [-0.05, 0) is 61.3 Å². The fourth-order valence-corrected chi connectivity index (χ4v) is 4.05. The average Bonchev–Trinajstić information content (AvgIpc) is 2.64. The zero-order valence-electron chi connectivity index (χ0n) is 14.8. The van der Waals surface area contributed by atoms with E-state index in [1.54, 1.807) is 18.3 Å². The van der Waals surface area contributed by atoms with Crippen molar-refractivity contribution in [1.29, 1.82) is 0 Å². The molecule has 3 rings (SSSR count). The summed E-state index contributed by atoms with van der Waals surface area (Å²) in [5.41, 5.74) is 2.10. The number of halogens is 2. The number of hydrogen-bond acceptors (Lipinski definition) is 2. The molecule has 26 heavy (non-hydrogen) atoms. The summed E-state index contributed by atoms with van der Waals surface area (Å²) in [6.07, 6.45) is 7.35. The highest BCUT2D eigenvalue weighted by Gasteiger charge is 2.34. The molecule has 2 N–H and O–H groups in total. The largest absolute Gasteiger partial charge is 0.362 e. The summed E-state index contributed by atoms with van der Waals surface area (Å²) in [5.74, 6) is 0.500. The van der Waals surface area contributed by atoms with E-state index in [0.29, 0.717) is 16.0 Å². The van der Waals surface area contributed by atoms with Crippen molar-refractivity contribution in [3.63, 3.8) is 0 Å². The molecular formula is C20H23ClFN3S. The summed E-state index contributed by atoms with van der Waals surface area (Å²) in [6, 6.07) is 8.75. The van der Waals surface area contributed by atoms with Gasteiger partial charge in [0.2, 0.25) is 0 Å². The van der Waals surface area contributed by atoms with E-state index < -0.39 is 0 Å². The van der Waals surface area contributed by atoms with Crippen LogP contribution in [0.15, 0.2) is 36.5 Å². The number of thiocarbonyl (C=S) groups is 1. The standard InChI is InChI=1S/C20H23ClFN3S/c1-14-11-16(21)12-23-18(14)25-19(26)24-13-20(9-3-2-4-10-20)15-5-7-17(22)8-6-15/h5-8,11-12H,2-4,9-10,13H2,1H3,(H2,23,24,25,26). The molecule has 0 bridgehead atoms. The molecule has 0 atom stereocenters. The van der Waals surface area contributed by atoms with Gasteiger partial charge < -0.3 is 10.6 Å². The van der Waals surface area contributed by atoms with Crippen molar-refractivity contribution >= 4 is 34.7 Å². The highest BCUT2D eigenvalue weighted by Crippen LogP contribution is 2.39. The van der Waals surface area contributed by atoms with Crippen molar-refractivity contribution in [2.45, 2.75) is 44.4 Å². The average molecular weight is 392 g/mol. The number of pyridine rings is 1. The van der Waals surface area contributed by atoms with Crippen molar-refractivity contribution in [2.24, 2.45) is 0 Å². The highest BCUT2D eigenvalue weighted by molar-refractivity contribution is 7.80. The summed E-state index contributed by atoms with van der Waals surface area (Å²) < 4.78 is 13.3. The normalized spacial score (nSPS) is 16.1. The quantitative estimate of drug-likeness (QED) is 0.687. The number of rotatable bonds is 4. The van der Waals surface area contributed by atoms with Crippen LogP contribution in [0.2, 0.25) is 5.02 Å². The first-order chi connectivity index (χ1) is 12.5. The minimum atomic E-state index is -0.200. The third kappa shape index (κ3) is 4.51. The van der Waals surface area contributed by atoms with Gasteiger partial charge >= 0.3 is 0 Å². The molecule has 1 saturated carbocycles. The molecule has 6 heteroatoms. The molecule has 3 nitrogen and oxygen atoms in total.